The maximum Gasteiger partial charge on any atom is 0.143 e. The summed E-state index contributed by atoms with van der Waals surface area (Å²) in [7, 11) is 0. The average molecular weight is 673 g/mol. The van der Waals surface area contributed by atoms with Crippen molar-refractivity contribution in [1.29, 1.82) is 0 Å². The molecule has 0 fully saturated rings. The first-order valence-electron chi connectivity index (χ1n) is 18.3. The average Bonchev–Trinajstić information content (AvgIpc) is 3.61. The minimum atomic E-state index is 0.900. The highest BCUT2D eigenvalue weighted by atomic mass is 16.3. The van der Waals surface area contributed by atoms with Crippen molar-refractivity contribution in [3.05, 3.63) is 194 Å². The van der Waals surface area contributed by atoms with Crippen LogP contribution < -0.4 is 0 Å². The van der Waals surface area contributed by atoms with Crippen molar-refractivity contribution in [3.63, 3.8) is 0 Å². The van der Waals surface area contributed by atoms with Crippen LogP contribution in [0.5, 0.6) is 0 Å². The Kier molecular flexibility index (Phi) is 6.62. The summed E-state index contributed by atoms with van der Waals surface area (Å²) in [5, 5.41) is 12.1. The predicted molar refractivity (Wildman–Crippen MR) is 225 cm³/mol. The molecular weight excluding hydrogens is 641 g/mol. The molecule has 0 aliphatic rings. The third-order valence-corrected chi connectivity index (χ3v) is 11.1. The minimum Gasteiger partial charge on any atom is -0.455 e. The first kappa shape index (κ1) is 29.7. The summed E-state index contributed by atoms with van der Waals surface area (Å²) in [6.45, 7) is 0. The summed E-state index contributed by atoms with van der Waals surface area (Å²) in [5.74, 6) is 0. The second kappa shape index (κ2) is 11.8. The van der Waals surface area contributed by atoms with Crippen molar-refractivity contribution in [2.24, 2.45) is 0 Å². The fourth-order valence-electron chi connectivity index (χ4n) is 8.74. The Labute approximate surface area is 307 Å². The zero-order valence-corrected chi connectivity index (χ0v) is 28.9. The molecule has 0 aliphatic heterocycles. The summed E-state index contributed by atoms with van der Waals surface area (Å²) in [6, 6.07) is 70.6. The van der Waals surface area contributed by atoms with Crippen molar-refractivity contribution >= 4 is 65.0 Å². The van der Waals surface area contributed by atoms with Crippen LogP contribution in [0.2, 0.25) is 0 Å². The Hall–Kier alpha value is -6.96. The van der Waals surface area contributed by atoms with Gasteiger partial charge in [-0.3, -0.25) is 0 Å². The second-order valence-electron chi connectivity index (χ2n) is 13.9. The summed E-state index contributed by atoms with van der Waals surface area (Å²) in [4.78, 5) is 0. The molecule has 0 radical (unpaired) electrons. The topological polar surface area (TPSA) is 13.1 Å². The van der Waals surface area contributed by atoms with Gasteiger partial charge in [-0.1, -0.05) is 182 Å². The molecule has 1 aromatic heterocycles. The highest BCUT2D eigenvalue weighted by molar-refractivity contribution is 6.25. The van der Waals surface area contributed by atoms with Crippen molar-refractivity contribution in [2.75, 3.05) is 0 Å². The van der Waals surface area contributed by atoms with E-state index in [9.17, 15) is 0 Å². The normalized spacial score (nSPS) is 11.8. The van der Waals surface area contributed by atoms with Crippen LogP contribution in [0.15, 0.2) is 199 Å². The van der Waals surface area contributed by atoms with E-state index in [0.717, 1.165) is 33.1 Å². The van der Waals surface area contributed by atoms with E-state index in [1.165, 1.54) is 76.5 Å². The van der Waals surface area contributed by atoms with Crippen molar-refractivity contribution < 1.29 is 4.42 Å². The molecule has 0 atom stereocenters. The summed E-state index contributed by atoms with van der Waals surface area (Å²) in [5.41, 5.74) is 11.4. The molecule has 0 unspecified atom stereocenters. The van der Waals surface area contributed by atoms with Gasteiger partial charge >= 0.3 is 0 Å². The highest BCUT2D eigenvalue weighted by Gasteiger charge is 2.24. The monoisotopic (exact) mass is 672 g/mol. The molecule has 0 N–H and O–H groups in total. The highest BCUT2D eigenvalue weighted by Crippen LogP contribution is 2.51. The molecule has 10 aromatic carbocycles. The van der Waals surface area contributed by atoms with Crippen LogP contribution in [0.1, 0.15) is 0 Å². The molecule has 11 aromatic rings. The molecule has 0 bridgehead atoms. The molecule has 11 rings (SSSR count). The van der Waals surface area contributed by atoms with E-state index in [1.807, 2.05) is 6.07 Å². The zero-order valence-electron chi connectivity index (χ0n) is 28.9. The minimum absolute atomic E-state index is 0.900. The van der Waals surface area contributed by atoms with Gasteiger partial charge in [-0.05, 0) is 94.2 Å². The van der Waals surface area contributed by atoms with Gasteiger partial charge in [-0.25, -0.2) is 0 Å². The quantitative estimate of drug-likeness (QED) is 0.170. The number of para-hydroxylation sites is 2. The van der Waals surface area contributed by atoms with E-state index in [0.29, 0.717) is 0 Å². The lowest BCUT2D eigenvalue weighted by molar-refractivity contribution is 0.670. The fraction of sp³-hybridized carbons (Fsp3) is 0. The van der Waals surface area contributed by atoms with Gasteiger partial charge in [0.25, 0.3) is 0 Å². The summed E-state index contributed by atoms with van der Waals surface area (Å²) >= 11 is 0. The van der Waals surface area contributed by atoms with Crippen LogP contribution in [0.3, 0.4) is 0 Å². The number of hydrogen-bond acceptors (Lipinski definition) is 1. The van der Waals surface area contributed by atoms with Crippen molar-refractivity contribution in [2.45, 2.75) is 0 Å². The molecule has 246 valence electrons. The van der Waals surface area contributed by atoms with Crippen molar-refractivity contribution in [1.82, 2.24) is 0 Å². The molecule has 0 saturated heterocycles. The molecule has 1 heterocycles. The van der Waals surface area contributed by atoms with Gasteiger partial charge in [0.15, 0.2) is 0 Å². The van der Waals surface area contributed by atoms with Crippen LogP contribution in [-0.4, -0.2) is 0 Å². The number of rotatable bonds is 4. The molecule has 1 nitrogen and oxygen atoms in total. The molecule has 53 heavy (non-hydrogen) atoms. The molecule has 0 amide bonds. The van der Waals surface area contributed by atoms with Crippen LogP contribution in [0.25, 0.3) is 110 Å². The summed E-state index contributed by atoms with van der Waals surface area (Å²) in [6.07, 6.45) is 0. The lowest BCUT2D eigenvalue weighted by Gasteiger charge is -2.23. The Morgan fingerprint density at radius 2 is 0.755 bits per heavy atom. The molecule has 1 heteroatoms. The Balaban J connectivity index is 1.31. The molecule has 0 aliphatic carbocycles. The van der Waals surface area contributed by atoms with Gasteiger partial charge < -0.3 is 4.42 Å². The Morgan fingerprint density at radius 3 is 1.51 bits per heavy atom. The second-order valence-corrected chi connectivity index (χ2v) is 13.9. The van der Waals surface area contributed by atoms with E-state index in [-0.39, 0.29) is 0 Å². The number of furan rings is 1. The van der Waals surface area contributed by atoms with Gasteiger partial charge in [0.1, 0.15) is 11.2 Å². The van der Waals surface area contributed by atoms with E-state index in [4.69, 9.17) is 4.42 Å². The van der Waals surface area contributed by atoms with Gasteiger partial charge in [-0.15, -0.1) is 0 Å². The third-order valence-electron chi connectivity index (χ3n) is 11.1. The number of hydrogen-bond donors (Lipinski definition) is 0. The van der Waals surface area contributed by atoms with Crippen LogP contribution in [0, 0.1) is 0 Å². The van der Waals surface area contributed by atoms with Crippen LogP contribution >= 0.6 is 0 Å². The van der Waals surface area contributed by atoms with E-state index < -0.39 is 0 Å². The first-order valence-corrected chi connectivity index (χ1v) is 18.3. The summed E-state index contributed by atoms with van der Waals surface area (Å²) < 4.78 is 6.73. The van der Waals surface area contributed by atoms with Crippen LogP contribution in [-0.2, 0) is 0 Å². The smallest absolute Gasteiger partial charge is 0.143 e. The number of benzene rings is 10. The Bertz CT molecular complexity index is 3170. The van der Waals surface area contributed by atoms with Gasteiger partial charge in [0, 0.05) is 16.3 Å². The first-order chi connectivity index (χ1) is 26.3. The number of fused-ring (bicyclic) bond motifs is 7. The Morgan fingerprint density at radius 1 is 0.264 bits per heavy atom. The SMILES string of the molecule is c1cc(-c2cccc3ccccc23)c(-c2c3ccccc3c(-c3ccc4ccccc4c3)c3ccccc23)c(-c2cccc3c2oc2ccccc23)c1. The van der Waals surface area contributed by atoms with E-state index in [1.54, 1.807) is 0 Å². The van der Waals surface area contributed by atoms with E-state index >= 15 is 0 Å². The lowest BCUT2D eigenvalue weighted by atomic mass is 9.80. The zero-order chi connectivity index (χ0) is 34.9. The van der Waals surface area contributed by atoms with Gasteiger partial charge in [0.05, 0.1) is 0 Å². The lowest BCUT2D eigenvalue weighted by Crippen LogP contribution is -1.96. The van der Waals surface area contributed by atoms with E-state index in [2.05, 4.69) is 188 Å². The maximum atomic E-state index is 6.73. The van der Waals surface area contributed by atoms with Gasteiger partial charge in [0.2, 0.25) is 0 Å². The largest absolute Gasteiger partial charge is 0.455 e. The molecule has 0 saturated carbocycles. The predicted octanol–water partition coefficient (Wildman–Crippen LogP) is 14.9. The van der Waals surface area contributed by atoms with Crippen LogP contribution in [0.4, 0.5) is 0 Å². The van der Waals surface area contributed by atoms with Gasteiger partial charge in [-0.2, -0.15) is 0 Å². The van der Waals surface area contributed by atoms with Crippen molar-refractivity contribution in [3.8, 4) is 44.5 Å². The fourth-order valence-corrected chi connectivity index (χ4v) is 8.74. The standard InChI is InChI=1S/C52H32O/c1-2-16-35-32-36(31-30-33(35)14-1)49-41-20-5-7-22-43(41)51(44-23-8-6-21-42(44)49)50-40(38-24-11-17-34-15-3-4-18-37(34)38)25-12-26-45(50)47-28-13-27-46-39-19-9-10-29-48(39)53-52(46)47/h1-32H. The molecular formula is C52H32O. The third kappa shape index (κ3) is 4.58. The molecule has 0 spiro atoms. The maximum absolute atomic E-state index is 6.73.